The van der Waals surface area contributed by atoms with Crippen molar-refractivity contribution >= 4 is 23.6 Å². The lowest BCUT2D eigenvalue weighted by Crippen LogP contribution is -2.34. The summed E-state index contributed by atoms with van der Waals surface area (Å²) in [4.78, 5) is 26.4. The molecule has 1 aromatic heterocycles. The third-order valence-corrected chi connectivity index (χ3v) is 6.08. The van der Waals surface area contributed by atoms with Crippen molar-refractivity contribution < 1.29 is 14.3 Å². The largest absolute Gasteiger partial charge is 0.469 e. The molecule has 0 unspecified atom stereocenters. The zero-order valence-electron chi connectivity index (χ0n) is 18.7. The number of thioether (sulfide) groups is 1. The second kappa shape index (κ2) is 11.5. The van der Waals surface area contributed by atoms with Crippen LogP contribution in [0.15, 0.2) is 59.8 Å². The Morgan fingerprint density at radius 3 is 2.47 bits per heavy atom. The molecule has 7 nitrogen and oxygen atoms in total. The third-order valence-electron chi connectivity index (χ3n) is 5.13. The van der Waals surface area contributed by atoms with E-state index >= 15 is 0 Å². The maximum absolute atomic E-state index is 13.0. The molecule has 0 saturated carbocycles. The van der Waals surface area contributed by atoms with Gasteiger partial charge in [0.2, 0.25) is 5.91 Å². The van der Waals surface area contributed by atoms with Crippen LogP contribution >= 0.6 is 11.8 Å². The number of rotatable bonds is 10. The minimum Gasteiger partial charge on any atom is -0.469 e. The van der Waals surface area contributed by atoms with Crippen LogP contribution in [0.3, 0.4) is 0 Å². The Labute approximate surface area is 192 Å². The number of aryl methyl sites for hydroxylation is 1. The number of nitrogens with zero attached hydrogens (tertiary/aromatic N) is 4. The Balaban J connectivity index is 1.72. The van der Waals surface area contributed by atoms with Crippen LogP contribution in [0.2, 0.25) is 0 Å². The van der Waals surface area contributed by atoms with Gasteiger partial charge in [0.25, 0.3) is 0 Å². The summed E-state index contributed by atoms with van der Waals surface area (Å²) in [5.74, 6) is 0.607. The number of carbonyl (C=O) groups excluding carboxylic acids is 2. The molecule has 0 aliphatic rings. The quantitative estimate of drug-likeness (QED) is 0.342. The van der Waals surface area contributed by atoms with Gasteiger partial charge in [-0.05, 0) is 25.0 Å². The number of amides is 1. The van der Waals surface area contributed by atoms with Gasteiger partial charge < -0.3 is 14.2 Å². The van der Waals surface area contributed by atoms with E-state index in [1.165, 1.54) is 18.9 Å². The summed E-state index contributed by atoms with van der Waals surface area (Å²) in [5.41, 5.74) is 3.16. The summed E-state index contributed by atoms with van der Waals surface area (Å²) in [6.45, 7) is 5.52. The molecule has 8 heteroatoms. The van der Waals surface area contributed by atoms with E-state index in [1.807, 2.05) is 73.0 Å². The molecule has 3 aromatic rings. The van der Waals surface area contributed by atoms with Crippen molar-refractivity contribution in [3.63, 3.8) is 0 Å². The number of hydrogen-bond acceptors (Lipinski definition) is 6. The van der Waals surface area contributed by atoms with Gasteiger partial charge in [-0.2, -0.15) is 0 Å². The van der Waals surface area contributed by atoms with Crippen LogP contribution in [-0.2, 0) is 27.4 Å². The standard InChI is InChI=1S/C24H28N4O3S/c1-4-28-23(20-13-9-8-10-18(20)2)25-26-24(28)32-17-21(29)27(15-14-22(30)31-3)16-19-11-6-5-7-12-19/h5-13H,4,14-17H2,1-3H3. The normalized spacial score (nSPS) is 10.7. The smallest absolute Gasteiger partial charge is 0.307 e. The van der Waals surface area contributed by atoms with E-state index < -0.39 is 0 Å². The minimum atomic E-state index is -0.336. The molecule has 0 spiro atoms. The Hall–Kier alpha value is -3.13. The van der Waals surface area contributed by atoms with Gasteiger partial charge in [0.15, 0.2) is 11.0 Å². The lowest BCUT2D eigenvalue weighted by molar-refractivity contribution is -0.141. The molecule has 0 atom stereocenters. The highest BCUT2D eigenvalue weighted by atomic mass is 32.2. The molecule has 2 aromatic carbocycles. The van der Waals surface area contributed by atoms with Gasteiger partial charge >= 0.3 is 5.97 Å². The molecule has 32 heavy (non-hydrogen) atoms. The number of aromatic nitrogens is 3. The van der Waals surface area contributed by atoms with Crippen LogP contribution in [0, 0.1) is 6.92 Å². The second-order valence-electron chi connectivity index (χ2n) is 7.28. The second-order valence-corrected chi connectivity index (χ2v) is 8.22. The van der Waals surface area contributed by atoms with E-state index in [4.69, 9.17) is 4.74 Å². The molecule has 168 valence electrons. The topological polar surface area (TPSA) is 77.3 Å². The molecule has 0 radical (unpaired) electrons. The molecule has 0 fully saturated rings. The molecule has 0 bridgehead atoms. The first-order valence-electron chi connectivity index (χ1n) is 10.5. The molecule has 1 heterocycles. The van der Waals surface area contributed by atoms with E-state index in [1.54, 1.807) is 4.90 Å². The van der Waals surface area contributed by atoms with Gasteiger partial charge in [0.1, 0.15) is 0 Å². The first-order chi connectivity index (χ1) is 15.5. The summed E-state index contributed by atoms with van der Waals surface area (Å²) in [5, 5.41) is 9.42. The van der Waals surface area contributed by atoms with Crippen LogP contribution in [0.5, 0.6) is 0 Å². The lowest BCUT2D eigenvalue weighted by Gasteiger charge is -2.22. The van der Waals surface area contributed by atoms with Gasteiger partial charge in [-0.25, -0.2) is 0 Å². The molecule has 0 aliphatic heterocycles. The minimum absolute atomic E-state index is 0.0640. The van der Waals surface area contributed by atoms with E-state index in [9.17, 15) is 9.59 Å². The maximum Gasteiger partial charge on any atom is 0.307 e. The number of benzene rings is 2. The van der Waals surface area contributed by atoms with Crippen LogP contribution in [-0.4, -0.2) is 50.9 Å². The average molecular weight is 453 g/mol. The predicted octanol–water partition coefficient (Wildman–Crippen LogP) is 3.96. The van der Waals surface area contributed by atoms with Crippen molar-refractivity contribution in [2.24, 2.45) is 0 Å². The van der Waals surface area contributed by atoms with Crippen LogP contribution < -0.4 is 0 Å². The van der Waals surface area contributed by atoms with Crippen molar-refractivity contribution in [1.29, 1.82) is 0 Å². The van der Waals surface area contributed by atoms with Crippen molar-refractivity contribution in [3.8, 4) is 11.4 Å². The average Bonchev–Trinajstić information content (AvgIpc) is 3.23. The van der Waals surface area contributed by atoms with Crippen LogP contribution in [0.25, 0.3) is 11.4 Å². The Morgan fingerprint density at radius 1 is 1.06 bits per heavy atom. The van der Waals surface area contributed by atoms with E-state index in [2.05, 4.69) is 10.2 Å². The summed E-state index contributed by atoms with van der Waals surface area (Å²) in [6.07, 6.45) is 0.155. The lowest BCUT2D eigenvalue weighted by atomic mass is 10.1. The molecule has 1 amide bonds. The Kier molecular flexibility index (Phi) is 8.44. The fourth-order valence-corrected chi connectivity index (χ4v) is 4.25. The van der Waals surface area contributed by atoms with Crippen molar-refractivity contribution in [2.75, 3.05) is 19.4 Å². The number of methoxy groups -OCH3 is 1. The van der Waals surface area contributed by atoms with Crippen molar-refractivity contribution in [1.82, 2.24) is 19.7 Å². The third kappa shape index (κ3) is 5.97. The number of hydrogen-bond donors (Lipinski definition) is 0. The highest BCUT2D eigenvalue weighted by Crippen LogP contribution is 2.26. The van der Waals surface area contributed by atoms with E-state index in [-0.39, 0.29) is 24.1 Å². The fourth-order valence-electron chi connectivity index (χ4n) is 3.35. The molecule has 3 rings (SSSR count). The molecule has 0 aliphatic carbocycles. The fraction of sp³-hybridized carbons (Fsp3) is 0.333. The first-order valence-corrected chi connectivity index (χ1v) is 11.5. The highest BCUT2D eigenvalue weighted by molar-refractivity contribution is 7.99. The predicted molar refractivity (Wildman–Crippen MR) is 125 cm³/mol. The highest BCUT2D eigenvalue weighted by Gasteiger charge is 2.19. The van der Waals surface area contributed by atoms with Crippen LogP contribution in [0.1, 0.15) is 24.5 Å². The van der Waals surface area contributed by atoms with Gasteiger partial charge in [-0.3, -0.25) is 9.59 Å². The summed E-state index contributed by atoms with van der Waals surface area (Å²) >= 11 is 1.36. The van der Waals surface area contributed by atoms with E-state index in [0.29, 0.717) is 24.8 Å². The Morgan fingerprint density at radius 2 is 1.78 bits per heavy atom. The number of ether oxygens (including phenoxy) is 1. The zero-order valence-corrected chi connectivity index (χ0v) is 19.5. The van der Waals surface area contributed by atoms with Crippen molar-refractivity contribution in [3.05, 3.63) is 65.7 Å². The zero-order chi connectivity index (χ0) is 22.9. The maximum atomic E-state index is 13.0. The van der Waals surface area contributed by atoms with E-state index in [0.717, 1.165) is 22.5 Å². The molecule has 0 saturated heterocycles. The molecular weight excluding hydrogens is 424 g/mol. The Bertz CT molecular complexity index is 1050. The monoisotopic (exact) mass is 452 g/mol. The van der Waals surface area contributed by atoms with Gasteiger partial charge in [-0.1, -0.05) is 66.4 Å². The van der Waals surface area contributed by atoms with Gasteiger partial charge in [-0.15, -0.1) is 10.2 Å². The summed E-state index contributed by atoms with van der Waals surface area (Å²) in [6, 6.07) is 17.8. The number of carbonyl (C=O) groups is 2. The SMILES string of the molecule is CCn1c(SCC(=O)N(CCC(=O)OC)Cc2ccccc2)nnc1-c1ccccc1C. The number of esters is 1. The molecular formula is C24H28N4O3S. The molecule has 0 N–H and O–H groups in total. The first kappa shape index (κ1) is 23.5. The van der Waals surface area contributed by atoms with Crippen molar-refractivity contribution in [2.45, 2.75) is 38.5 Å². The van der Waals surface area contributed by atoms with Gasteiger partial charge in [0, 0.05) is 25.2 Å². The summed E-state index contributed by atoms with van der Waals surface area (Å²) < 4.78 is 6.76. The summed E-state index contributed by atoms with van der Waals surface area (Å²) in [7, 11) is 1.35. The van der Waals surface area contributed by atoms with Gasteiger partial charge in [0.05, 0.1) is 19.3 Å². The van der Waals surface area contributed by atoms with Crippen LogP contribution in [0.4, 0.5) is 0 Å².